The van der Waals surface area contributed by atoms with Gasteiger partial charge in [-0.25, -0.2) is 9.78 Å². The third-order valence-corrected chi connectivity index (χ3v) is 5.81. The van der Waals surface area contributed by atoms with E-state index in [4.69, 9.17) is 20.9 Å². The van der Waals surface area contributed by atoms with Gasteiger partial charge in [-0.3, -0.25) is 4.79 Å². The van der Waals surface area contributed by atoms with Crippen LogP contribution in [0.1, 0.15) is 28.4 Å². The first-order valence-corrected chi connectivity index (χ1v) is 10.8. The number of methoxy groups -OCH3 is 2. The lowest BCUT2D eigenvalue weighted by Crippen LogP contribution is -2.22. The minimum Gasteiger partial charge on any atom is -0.493 e. The number of ether oxygens (including phenoxy) is 2. The maximum absolute atomic E-state index is 13.3. The van der Waals surface area contributed by atoms with E-state index in [-0.39, 0.29) is 35.4 Å². The standard InChI is InChI=1S/C25H25N5O5.ClH/c1-4-30-17-8-6-5-7-15(17)21(31)19(24(32)33)20(30)16-10-13(11-18(34-2)22(16)35-3)9-14-12-28-25(27)29-23(14)26;/h5-8,10-12H,4,9H2,1-3H3,(H,32,33)(H4,26,27,28,29);1H. The van der Waals surface area contributed by atoms with Gasteiger partial charge in [0.05, 0.1) is 25.4 Å². The summed E-state index contributed by atoms with van der Waals surface area (Å²) in [5.41, 5.74) is 13.3. The van der Waals surface area contributed by atoms with Crippen molar-refractivity contribution in [2.45, 2.75) is 19.9 Å². The van der Waals surface area contributed by atoms with E-state index in [0.29, 0.717) is 46.5 Å². The van der Waals surface area contributed by atoms with E-state index in [2.05, 4.69) is 9.97 Å². The number of carboxylic acid groups (broad SMARTS) is 1. The summed E-state index contributed by atoms with van der Waals surface area (Å²) in [6.07, 6.45) is 1.85. The zero-order chi connectivity index (χ0) is 25.3. The van der Waals surface area contributed by atoms with Crippen molar-refractivity contribution in [2.24, 2.45) is 0 Å². The molecule has 0 fully saturated rings. The van der Waals surface area contributed by atoms with Gasteiger partial charge in [-0.15, -0.1) is 12.4 Å². The van der Waals surface area contributed by atoms with E-state index in [0.717, 1.165) is 5.56 Å². The minimum atomic E-state index is -1.33. The number of nitrogens with two attached hydrogens (primary N) is 2. The summed E-state index contributed by atoms with van der Waals surface area (Å²) < 4.78 is 13.0. The number of benzene rings is 2. The molecule has 0 radical (unpaired) electrons. The first-order valence-electron chi connectivity index (χ1n) is 10.8. The van der Waals surface area contributed by atoms with E-state index in [1.54, 1.807) is 41.0 Å². The molecule has 5 N–H and O–H groups in total. The van der Waals surface area contributed by atoms with Crippen LogP contribution in [0.15, 0.2) is 47.4 Å². The van der Waals surface area contributed by atoms with Gasteiger partial charge in [0.1, 0.15) is 11.4 Å². The zero-order valence-corrected chi connectivity index (χ0v) is 20.8. The van der Waals surface area contributed by atoms with Crippen LogP contribution >= 0.6 is 12.4 Å². The summed E-state index contributed by atoms with van der Waals surface area (Å²) >= 11 is 0. The number of rotatable bonds is 7. The maximum Gasteiger partial charge on any atom is 0.341 e. The molecule has 4 aromatic rings. The molecule has 2 heterocycles. The number of aryl methyl sites for hydroxylation is 1. The Bertz CT molecular complexity index is 1520. The number of para-hydroxylation sites is 1. The first kappa shape index (κ1) is 26.3. The lowest BCUT2D eigenvalue weighted by Gasteiger charge is -2.22. The molecule has 2 aromatic carbocycles. The van der Waals surface area contributed by atoms with Crippen LogP contribution in [0.4, 0.5) is 11.8 Å². The van der Waals surface area contributed by atoms with E-state index in [1.165, 1.54) is 20.4 Å². The number of fused-ring (bicyclic) bond motifs is 1. The maximum atomic E-state index is 13.3. The Labute approximate surface area is 212 Å². The molecule has 0 bridgehead atoms. The van der Waals surface area contributed by atoms with Gasteiger partial charge < -0.3 is 30.6 Å². The van der Waals surface area contributed by atoms with Crippen molar-refractivity contribution in [3.63, 3.8) is 0 Å². The first-order chi connectivity index (χ1) is 16.8. The molecule has 4 rings (SSSR count). The molecule has 0 unspecified atom stereocenters. The highest BCUT2D eigenvalue weighted by atomic mass is 35.5. The molecular formula is C25H26ClN5O5. The molecule has 0 aliphatic heterocycles. The second-order valence-corrected chi connectivity index (χ2v) is 7.81. The molecule has 188 valence electrons. The van der Waals surface area contributed by atoms with Crippen LogP contribution in [-0.2, 0) is 13.0 Å². The Hall–Kier alpha value is -4.31. The van der Waals surface area contributed by atoms with E-state index in [9.17, 15) is 14.7 Å². The molecule has 0 saturated carbocycles. The molecule has 0 atom stereocenters. The molecule has 0 aliphatic rings. The summed E-state index contributed by atoms with van der Waals surface area (Å²) in [6, 6.07) is 10.4. The van der Waals surface area contributed by atoms with Gasteiger partial charge in [0.15, 0.2) is 11.5 Å². The van der Waals surface area contributed by atoms with Gasteiger partial charge in [0, 0.05) is 35.7 Å². The number of carbonyl (C=O) groups is 1. The van der Waals surface area contributed by atoms with Crippen molar-refractivity contribution in [1.29, 1.82) is 0 Å². The smallest absolute Gasteiger partial charge is 0.341 e. The molecule has 11 heteroatoms. The summed E-state index contributed by atoms with van der Waals surface area (Å²) in [4.78, 5) is 33.7. The van der Waals surface area contributed by atoms with Crippen molar-refractivity contribution in [2.75, 3.05) is 25.7 Å². The second-order valence-electron chi connectivity index (χ2n) is 7.81. The molecular weight excluding hydrogens is 486 g/mol. The number of aromatic carboxylic acids is 1. The highest BCUT2D eigenvalue weighted by molar-refractivity contribution is 6.01. The lowest BCUT2D eigenvalue weighted by molar-refractivity contribution is 0.0696. The number of pyridine rings is 1. The molecule has 2 aromatic heterocycles. The van der Waals surface area contributed by atoms with Gasteiger partial charge in [-0.1, -0.05) is 12.1 Å². The van der Waals surface area contributed by atoms with Crippen LogP contribution in [0, 0.1) is 0 Å². The molecule has 36 heavy (non-hydrogen) atoms. The van der Waals surface area contributed by atoms with Crippen LogP contribution in [0.2, 0.25) is 0 Å². The minimum absolute atomic E-state index is 0. The largest absolute Gasteiger partial charge is 0.493 e. The lowest BCUT2D eigenvalue weighted by atomic mass is 9.96. The fourth-order valence-electron chi connectivity index (χ4n) is 4.30. The zero-order valence-electron chi connectivity index (χ0n) is 19.9. The summed E-state index contributed by atoms with van der Waals surface area (Å²) in [6.45, 7) is 2.29. The number of nitrogens with zero attached hydrogens (tertiary/aromatic N) is 3. The fourth-order valence-corrected chi connectivity index (χ4v) is 4.30. The van der Waals surface area contributed by atoms with Crippen LogP contribution in [-0.4, -0.2) is 39.8 Å². The van der Waals surface area contributed by atoms with Gasteiger partial charge in [-0.05, 0) is 36.8 Å². The Morgan fingerprint density at radius 3 is 2.47 bits per heavy atom. The summed E-state index contributed by atoms with van der Waals surface area (Å²) in [7, 11) is 2.94. The third kappa shape index (κ3) is 4.50. The molecule has 0 aliphatic carbocycles. The number of aromatic nitrogens is 3. The highest BCUT2D eigenvalue weighted by Gasteiger charge is 2.27. The van der Waals surface area contributed by atoms with E-state index in [1.807, 2.05) is 6.92 Å². The SMILES string of the molecule is CCn1c(-c2cc(Cc3cnc(N)nc3N)cc(OC)c2OC)c(C(=O)O)c(=O)c2ccccc21.Cl. The molecule has 0 spiro atoms. The quantitative estimate of drug-likeness (QED) is 0.338. The van der Waals surface area contributed by atoms with E-state index >= 15 is 0 Å². The second kappa shape index (κ2) is 10.5. The van der Waals surface area contributed by atoms with Crippen molar-refractivity contribution in [3.05, 3.63) is 69.5 Å². The predicted octanol–water partition coefficient (Wildman–Crippen LogP) is 3.37. The molecule has 10 nitrogen and oxygen atoms in total. The number of nitrogen functional groups attached to an aromatic ring is 2. The Kier molecular flexibility index (Phi) is 7.69. The highest BCUT2D eigenvalue weighted by Crippen LogP contribution is 2.41. The number of anilines is 2. The summed E-state index contributed by atoms with van der Waals surface area (Å²) in [5, 5.41) is 10.4. The van der Waals surface area contributed by atoms with Crippen LogP contribution in [0.5, 0.6) is 11.5 Å². The van der Waals surface area contributed by atoms with Crippen molar-refractivity contribution in [3.8, 4) is 22.8 Å². The van der Waals surface area contributed by atoms with Crippen LogP contribution < -0.4 is 26.4 Å². The van der Waals surface area contributed by atoms with Gasteiger partial charge >= 0.3 is 5.97 Å². The van der Waals surface area contributed by atoms with Gasteiger partial charge in [0.25, 0.3) is 0 Å². The average molecular weight is 512 g/mol. The van der Waals surface area contributed by atoms with Crippen molar-refractivity contribution < 1.29 is 19.4 Å². The Morgan fingerprint density at radius 2 is 1.86 bits per heavy atom. The monoisotopic (exact) mass is 511 g/mol. The topological polar surface area (TPSA) is 156 Å². The fraction of sp³-hybridized carbons (Fsp3) is 0.200. The third-order valence-electron chi connectivity index (χ3n) is 5.81. The Balaban J connectivity index is 0.00000361. The number of carboxylic acids is 1. The van der Waals surface area contributed by atoms with E-state index < -0.39 is 11.4 Å². The average Bonchev–Trinajstić information content (AvgIpc) is 2.84. The number of halogens is 1. The normalized spacial score (nSPS) is 10.6. The van der Waals surface area contributed by atoms with Crippen LogP contribution in [0.25, 0.3) is 22.2 Å². The van der Waals surface area contributed by atoms with Crippen molar-refractivity contribution in [1.82, 2.24) is 14.5 Å². The number of hydrogen-bond acceptors (Lipinski definition) is 8. The van der Waals surface area contributed by atoms with Gasteiger partial charge in [0.2, 0.25) is 11.4 Å². The molecule has 0 amide bonds. The molecule has 0 saturated heterocycles. The Morgan fingerprint density at radius 1 is 1.14 bits per heavy atom. The van der Waals surface area contributed by atoms with Crippen LogP contribution in [0.3, 0.4) is 0 Å². The predicted molar refractivity (Wildman–Crippen MR) is 140 cm³/mol. The summed E-state index contributed by atoms with van der Waals surface area (Å²) in [5.74, 6) is -0.364. The number of hydrogen-bond donors (Lipinski definition) is 3. The van der Waals surface area contributed by atoms with Gasteiger partial charge in [-0.2, -0.15) is 4.98 Å². The van der Waals surface area contributed by atoms with Crippen molar-refractivity contribution >= 4 is 41.0 Å².